The predicted molar refractivity (Wildman–Crippen MR) is 106 cm³/mol. The Hall–Kier alpha value is -1.61. The van der Waals surface area contributed by atoms with E-state index in [2.05, 4.69) is 15.3 Å². The molecule has 2 unspecified atom stereocenters. The number of rotatable bonds is 8. The van der Waals surface area contributed by atoms with Gasteiger partial charge in [-0.05, 0) is 25.3 Å². The average molecular weight is 395 g/mol. The van der Waals surface area contributed by atoms with Gasteiger partial charge in [0.25, 0.3) is 0 Å². The van der Waals surface area contributed by atoms with Gasteiger partial charge >= 0.3 is 6.03 Å². The highest BCUT2D eigenvalue weighted by atomic mass is 33.1. The first-order valence-electron chi connectivity index (χ1n) is 8.85. The highest BCUT2D eigenvalue weighted by molar-refractivity contribution is 8.77. The highest BCUT2D eigenvalue weighted by Gasteiger charge is 2.36. The van der Waals surface area contributed by atoms with Crippen LogP contribution in [0.15, 0.2) is 22.1 Å². The molecule has 0 aromatic rings. The van der Waals surface area contributed by atoms with Crippen LogP contribution in [0, 0.1) is 5.92 Å². The van der Waals surface area contributed by atoms with Gasteiger partial charge in [0, 0.05) is 36.7 Å². The molecule has 0 bridgehead atoms. The smallest absolute Gasteiger partial charge is 0.352 e. The number of carbonyl (C=O) groups excluding carboxylic acids is 3. The standard InChI is InChI=1S/C17H22N4O3S2/c22-14(6-2-1-4-12-7-11-25-26-12)18-9-10-21-16(23)13-5-3-8-19-15(13)20-17(21)24/h3,5,8,12-13H,1-2,4,6-7,9-11H2,(H,18,22). The summed E-state index contributed by atoms with van der Waals surface area (Å²) in [5, 5.41) is 3.52. The van der Waals surface area contributed by atoms with Gasteiger partial charge in [-0.2, -0.15) is 4.99 Å². The number of fused-ring (bicyclic) bond motifs is 1. The second kappa shape index (κ2) is 9.36. The first-order chi connectivity index (χ1) is 12.6. The highest BCUT2D eigenvalue weighted by Crippen LogP contribution is 2.39. The Labute approximate surface area is 160 Å². The molecule has 4 amide bonds. The molecular weight excluding hydrogens is 372 g/mol. The van der Waals surface area contributed by atoms with Gasteiger partial charge in [-0.3, -0.25) is 14.5 Å². The van der Waals surface area contributed by atoms with E-state index in [0.29, 0.717) is 6.42 Å². The number of carbonyl (C=O) groups is 3. The number of hydrogen-bond donors (Lipinski definition) is 1. The fourth-order valence-corrected chi connectivity index (χ4v) is 6.01. The molecule has 0 spiro atoms. The Balaban J connectivity index is 1.35. The van der Waals surface area contributed by atoms with Crippen molar-refractivity contribution < 1.29 is 14.4 Å². The Morgan fingerprint density at radius 2 is 2.23 bits per heavy atom. The normalized spacial score (nSPS) is 24.6. The quantitative estimate of drug-likeness (QED) is 0.504. The monoisotopic (exact) mass is 394 g/mol. The average Bonchev–Trinajstić information content (AvgIpc) is 3.15. The zero-order valence-electron chi connectivity index (χ0n) is 14.4. The van der Waals surface area contributed by atoms with E-state index in [4.69, 9.17) is 0 Å². The van der Waals surface area contributed by atoms with Crippen molar-refractivity contribution in [2.75, 3.05) is 18.8 Å². The molecule has 0 radical (unpaired) electrons. The predicted octanol–water partition coefficient (Wildman–Crippen LogP) is 2.43. The first kappa shape index (κ1) is 19.2. The third-order valence-electron chi connectivity index (χ3n) is 4.41. The van der Waals surface area contributed by atoms with Crippen LogP contribution in [0.3, 0.4) is 0 Å². The lowest BCUT2D eigenvalue weighted by molar-refractivity contribution is -0.130. The molecule has 3 heterocycles. The molecule has 1 N–H and O–H groups in total. The van der Waals surface area contributed by atoms with Crippen LogP contribution in [0.1, 0.15) is 32.1 Å². The van der Waals surface area contributed by atoms with E-state index in [0.717, 1.165) is 23.0 Å². The summed E-state index contributed by atoms with van der Waals surface area (Å²) in [6.45, 7) is 0.375. The van der Waals surface area contributed by atoms with Gasteiger partial charge in [-0.1, -0.05) is 34.1 Å². The lowest BCUT2D eigenvalue weighted by atomic mass is 10.0. The number of aliphatic imine (C=N–C) groups is 2. The van der Waals surface area contributed by atoms with Gasteiger partial charge in [-0.25, -0.2) is 9.79 Å². The van der Waals surface area contributed by atoms with E-state index in [1.54, 1.807) is 12.2 Å². The molecule has 0 aliphatic carbocycles. The number of nitrogens with one attached hydrogen (secondary N) is 1. The zero-order valence-corrected chi connectivity index (χ0v) is 16.1. The number of nitrogens with zero attached hydrogens (tertiary/aromatic N) is 3. The molecule has 3 rings (SSSR count). The second-order valence-electron chi connectivity index (χ2n) is 6.31. The maximum absolute atomic E-state index is 12.4. The van der Waals surface area contributed by atoms with E-state index in [1.807, 2.05) is 21.6 Å². The van der Waals surface area contributed by atoms with Crippen molar-refractivity contribution in [1.82, 2.24) is 10.2 Å². The number of urea groups is 1. The van der Waals surface area contributed by atoms with Crippen molar-refractivity contribution in [3.05, 3.63) is 12.2 Å². The summed E-state index contributed by atoms with van der Waals surface area (Å²) in [6.07, 6.45) is 9.69. The van der Waals surface area contributed by atoms with E-state index < -0.39 is 11.9 Å². The molecular formula is C17H22N4O3S2. The van der Waals surface area contributed by atoms with Crippen LogP contribution in [0.25, 0.3) is 0 Å². The molecule has 26 heavy (non-hydrogen) atoms. The summed E-state index contributed by atoms with van der Waals surface area (Å²) in [5.74, 6) is 0.496. The fourth-order valence-electron chi connectivity index (χ4n) is 2.98. The van der Waals surface area contributed by atoms with E-state index in [-0.39, 0.29) is 30.7 Å². The van der Waals surface area contributed by atoms with Crippen LogP contribution in [0.4, 0.5) is 4.79 Å². The van der Waals surface area contributed by atoms with Gasteiger partial charge in [-0.15, -0.1) is 0 Å². The lowest BCUT2D eigenvalue weighted by Gasteiger charge is -2.27. The molecule has 7 nitrogen and oxygen atoms in total. The fraction of sp³-hybridized carbons (Fsp3) is 0.588. The minimum absolute atomic E-state index is 0.0401. The third kappa shape index (κ3) is 4.97. The molecule has 0 saturated carbocycles. The van der Waals surface area contributed by atoms with E-state index in [9.17, 15) is 14.4 Å². The molecule has 1 saturated heterocycles. The third-order valence-corrected chi connectivity index (χ3v) is 7.42. The van der Waals surface area contributed by atoms with Crippen molar-refractivity contribution in [3.63, 3.8) is 0 Å². The van der Waals surface area contributed by atoms with E-state index in [1.165, 1.54) is 24.8 Å². The SMILES string of the molecule is O=C(CCCCC1CCSS1)NCCN1C(=O)N=C2N=CC=CC2C1=O. The summed E-state index contributed by atoms with van der Waals surface area (Å²) in [5.41, 5.74) is 0. The van der Waals surface area contributed by atoms with Crippen molar-refractivity contribution in [3.8, 4) is 0 Å². The molecule has 140 valence electrons. The molecule has 0 aromatic heterocycles. The van der Waals surface area contributed by atoms with Crippen LogP contribution < -0.4 is 5.32 Å². The second-order valence-corrected chi connectivity index (χ2v) is 9.10. The summed E-state index contributed by atoms with van der Waals surface area (Å²) in [7, 11) is 3.90. The number of allylic oxidation sites excluding steroid dienone is 1. The largest absolute Gasteiger partial charge is 0.354 e. The van der Waals surface area contributed by atoms with Crippen molar-refractivity contribution in [2.45, 2.75) is 37.4 Å². The van der Waals surface area contributed by atoms with Crippen LogP contribution in [-0.4, -0.2) is 58.9 Å². The van der Waals surface area contributed by atoms with Gasteiger partial charge in [0.15, 0.2) is 0 Å². The summed E-state index contributed by atoms with van der Waals surface area (Å²) in [6, 6.07) is -0.616. The van der Waals surface area contributed by atoms with Gasteiger partial charge in [0.05, 0.1) is 0 Å². The maximum Gasteiger partial charge on any atom is 0.352 e. The Bertz CT molecular complexity index is 656. The van der Waals surface area contributed by atoms with Crippen LogP contribution in [0.2, 0.25) is 0 Å². The maximum atomic E-state index is 12.4. The summed E-state index contributed by atoms with van der Waals surface area (Å²) >= 11 is 0. The number of dihydropyridines is 1. The van der Waals surface area contributed by atoms with Crippen LogP contribution in [0.5, 0.6) is 0 Å². The van der Waals surface area contributed by atoms with Crippen LogP contribution in [-0.2, 0) is 9.59 Å². The number of unbranched alkanes of at least 4 members (excludes halogenated alkanes) is 1. The Kier molecular flexibility index (Phi) is 6.90. The molecule has 9 heteroatoms. The molecule has 3 aliphatic rings. The minimum Gasteiger partial charge on any atom is -0.354 e. The van der Waals surface area contributed by atoms with E-state index >= 15 is 0 Å². The van der Waals surface area contributed by atoms with Crippen molar-refractivity contribution in [2.24, 2.45) is 15.9 Å². The minimum atomic E-state index is -0.616. The number of imide groups is 1. The number of amidine groups is 1. The number of amides is 4. The number of hydrogen-bond acceptors (Lipinski definition) is 6. The zero-order chi connectivity index (χ0) is 18.4. The molecule has 0 aromatic carbocycles. The summed E-state index contributed by atoms with van der Waals surface area (Å²) in [4.78, 5) is 45.1. The van der Waals surface area contributed by atoms with Crippen LogP contribution >= 0.6 is 21.6 Å². The topological polar surface area (TPSA) is 91.2 Å². The first-order valence-corrected chi connectivity index (χ1v) is 11.2. The van der Waals surface area contributed by atoms with Gasteiger partial charge < -0.3 is 5.32 Å². The van der Waals surface area contributed by atoms with Crippen molar-refractivity contribution in [1.29, 1.82) is 0 Å². The molecule has 2 atom stereocenters. The molecule has 3 aliphatic heterocycles. The van der Waals surface area contributed by atoms with Crippen molar-refractivity contribution >= 4 is 51.5 Å². The molecule has 1 fully saturated rings. The Morgan fingerprint density at radius 3 is 3.04 bits per heavy atom. The van der Waals surface area contributed by atoms with Gasteiger partial charge in [0.1, 0.15) is 11.8 Å². The van der Waals surface area contributed by atoms with Gasteiger partial charge in [0.2, 0.25) is 11.8 Å². The Morgan fingerprint density at radius 1 is 1.35 bits per heavy atom. The summed E-state index contributed by atoms with van der Waals surface area (Å²) < 4.78 is 0. The lowest BCUT2D eigenvalue weighted by Crippen LogP contribution is -2.48.